The third kappa shape index (κ3) is 5.82. The van der Waals surface area contributed by atoms with Crippen molar-refractivity contribution >= 4 is 98.2 Å². The van der Waals surface area contributed by atoms with E-state index in [4.69, 9.17) is 33.8 Å². The fraction of sp³-hybridized carbons (Fsp3) is 0.200. The van der Waals surface area contributed by atoms with Crippen molar-refractivity contribution in [3.8, 4) is 5.75 Å². The van der Waals surface area contributed by atoms with Gasteiger partial charge in [-0.15, -0.1) is 22.0 Å². The Hall–Kier alpha value is -2.96. The second-order valence-corrected chi connectivity index (χ2v) is 12.5. The molecule has 0 aliphatic carbocycles. The maximum atomic E-state index is 13.2. The van der Waals surface area contributed by atoms with E-state index in [9.17, 15) is 19.5 Å². The number of carbonyl (C=O) groups excluding carboxylic acids is 2. The van der Waals surface area contributed by atoms with E-state index in [2.05, 4.69) is 30.0 Å². The van der Waals surface area contributed by atoms with Gasteiger partial charge in [-0.3, -0.25) is 14.5 Å². The number of carboxylic acids is 1. The molecule has 202 valence electrons. The summed E-state index contributed by atoms with van der Waals surface area (Å²) in [4.78, 5) is 48.9. The highest BCUT2D eigenvalue weighted by molar-refractivity contribution is 8.01. The number of carboxylic acid groups (broad SMARTS) is 1. The Kier molecular flexibility index (Phi) is 8.24. The third-order valence-corrected chi connectivity index (χ3v) is 9.60. The number of amides is 2. The predicted octanol–water partition coefficient (Wildman–Crippen LogP) is 2.59. The van der Waals surface area contributed by atoms with E-state index in [0.29, 0.717) is 26.4 Å². The molecule has 2 aliphatic heterocycles. The van der Waals surface area contributed by atoms with Crippen molar-refractivity contribution < 1.29 is 24.3 Å². The molecule has 0 saturated carbocycles. The molecule has 2 aromatic heterocycles. The van der Waals surface area contributed by atoms with Gasteiger partial charge in [0, 0.05) is 28.1 Å². The van der Waals surface area contributed by atoms with Gasteiger partial charge in [0.05, 0.1) is 5.02 Å². The monoisotopic (exact) mass is 644 g/mol. The summed E-state index contributed by atoms with van der Waals surface area (Å²) >= 11 is 16.9. The number of nitrogens with one attached hydrogen (secondary N) is 1. The minimum absolute atomic E-state index is 0.0823. The van der Waals surface area contributed by atoms with Crippen LogP contribution in [0.5, 0.6) is 5.75 Å². The van der Waals surface area contributed by atoms with Crippen molar-refractivity contribution in [2.75, 3.05) is 17.2 Å². The molecule has 5 rings (SSSR count). The highest BCUT2D eigenvalue weighted by Crippen LogP contribution is 2.41. The topological polar surface area (TPSA) is 186 Å². The third-order valence-electron chi connectivity index (χ3n) is 5.24. The maximum Gasteiger partial charge on any atom is 0.352 e. The van der Waals surface area contributed by atoms with Gasteiger partial charge in [0.2, 0.25) is 11.5 Å². The molecule has 1 unspecified atom stereocenters. The summed E-state index contributed by atoms with van der Waals surface area (Å²) < 4.78 is 4.69. The van der Waals surface area contributed by atoms with Crippen molar-refractivity contribution in [2.24, 2.45) is 5.16 Å². The van der Waals surface area contributed by atoms with E-state index in [1.165, 1.54) is 58.0 Å². The lowest BCUT2D eigenvalue weighted by Crippen LogP contribution is -2.71. The number of hydrogen-bond donors (Lipinski definition) is 3. The lowest BCUT2D eigenvalue weighted by molar-refractivity contribution is -0.150. The SMILES string of the molecule is Nc1nc(/C(=N/Oc2ccc(Cl)cc2Cl)C(=O)NC2C(=O)N3C(C(=O)O)=C(CSc4nncs4)CS[C@H]23)ns1. The van der Waals surface area contributed by atoms with E-state index < -0.39 is 29.2 Å². The number of thioether (sulfide) groups is 2. The zero-order valence-corrected chi connectivity index (χ0v) is 23.9. The smallest absolute Gasteiger partial charge is 0.352 e. The zero-order valence-electron chi connectivity index (χ0n) is 19.1. The van der Waals surface area contributed by atoms with Crippen LogP contribution < -0.4 is 15.9 Å². The van der Waals surface area contributed by atoms with Gasteiger partial charge < -0.3 is 21.0 Å². The predicted molar refractivity (Wildman–Crippen MR) is 148 cm³/mol. The fourth-order valence-electron chi connectivity index (χ4n) is 3.54. The molecule has 0 bridgehead atoms. The number of nitrogens with zero attached hydrogens (tertiary/aromatic N) is 6. The van der Waals surface area contributed by atoms with Crippen LogP contribution in [0.3, 0.4) is 0 Å². The Balaban J connectivity index is 1.34. The first-order valence-electron chi connectivity index (χ1n) is 10.6. The molecule has 2 atom stereocenters. The number of β-lactam (4-membered cyclic amide) rings is 1. The lowest BCUT2D eigenvalue weighted by Gasteiger charge is -2.49. The molecule has 0 spiro atoms. The number of nitrogen functional groups attached to an aromatic ring is 1. The largest absolute Gasteiger partial charge is 0.477 e. The summed E-state index contributed by atoms with van der Waals surface area (Å²) in [5.41, 5.74) is 7.36. The first-order valence-corrected chi connectivity index (χ1v) is 15.1. The van der Waals surface area contributed by atoms with Crippen molar-refractivity contribution in [1.82, 2.24) is 29.8 Å². The van der Waals surface area contributed by atoms with Crippen LogP contribution >= 0.6 is 69.6 Å². The number of nitrogens with two attached hydrogens (primary N) is 1. The summed E-state index contributed by atoms with van der Waals surface area (Å²) in [5.74, 6) is -1.98. The van der Waals surface area contributed by atoms with E-state index in [-0.39, 0.29) is 33.1 Å². The Labute approximate surface area is 246 Å². The Morgan fingerprint density at radius 2 is 2.18 bits per heavy atom. The number of benzene rings is 1. The van der Waals surface area contributed by atoms with Gasteiger partial charge in [0.1, 0.15) is 22.6 Å². The van der Waals surface area contributed by atoms with E-state index >= 15 is 0 Å². The van der Waals surface area contributed by atoms with Gasteiger partial charge in [0.25, 0.3) is 11.8 Å². The number of carbonyl (C=O) groups is 3. The molecular formula is C20H14Cl2N8O5S4. The molecule has 4 heterocycles. The van der Waals surface area contributed by atoms with E-state index in [0.717, 1.165) is 11.5 Å². The van der Waals surface area contributed by atoms with Gasteiger partial charge in [-0.05, 0) is 23.8 Å². The quantitative estimate of drug-likeness (QED) is 0.134. The van der Waals surface area contributed by atoms with Crippen LogP contribution in [0.15, 0.2) is 44.5 Å². The van der Waals surface area contributed by atoms with Gasteiger partial charge in [-0.25, -0.2) is 4.79 Å². The summed E-state index contributed by atoms with van der Waals surface area (Å²) in [6.45, 7) is 0. The zero-order chi connectivity index (χ0) is 27.7. The number of hydrogen-bond acceptors (Lipinski definition) is 14. The molecule has 3 aromatic rings. The molecule has 2 aliphatic rings. The number of fused-ring (bicyclic) bond motifs is 1. The van der Waals surface area contributed by atoms with Gasteiger partial charge in [-0.1, -0.05) is 51.5 Å². The van der Waals surface area contributed by atoms with Crippen LogP contribution in [0.2, 0.25) is 10.0 Å². The minimum atomic E-state index is -1.23. The highest BCUT2D eigenvalue weighted by atomic mass is 35.5. The van der Waals surface area contributed by atoms with Gasteiger partial charge >= 0.3 is 5.97 Å². The summed E-state index contributed by atoms with van der Waals surface area (Å²) in [5, 5.41) is 24.0. The van der Waals surface area contributed by atoms with Crippen LogP contribution in [-0.4, -0.2) is 76.0 Å². The van der Waals surface area contributed by atoms with Gasteiger partial charge in [-0.2, -0.15) is 9.36 Å². The van der Waals surface area contributed by atoms with Crippen molar-refractivity contribution in [3.05, 3.63) is 50.8 Å². The number of oxime groups is 1. The summed E-state index contributed by atoms with van der Waals surface area (Å²) in [6, 6.07) is 3.39. The summed E-state index contributed by atoms with van der Waals surface area (Å²) in [7, 11) is 0. The molecule has 4 N–H and O–H groups in total. The van der Waals surface area contributed by atoms with Crippen molar-refractivity contribution in [3.63, 3.8) is 0 Å². The molecule has 13 nitrogen and oxygen atoms in total. The number of aliphatic carboxylic acids is 1. The number of halogens is 2. The second kappa shape index (κ2) is 11.6. The van der Waals surface area contributed by atoms with Crippen LogP contribution in [0.25, 0.3) is 0 Å². The average Bonchev–Trinajstić information content (AvgIpc) is 3.58. The Morgan fingerprint density at radius 1 is 1.36 bits per heavy atom. The van der Waals surface area contributed by atoms with Crippen LogP contribution in [0, 0.1) is 0 Å². The molecule has 0 radical (unpaired) electrons. The number of rotatable bonds is 9. The highest BCUT2D eigenvalue weighted by Gasteiger charge is 2.54. The van der Waals surface area contributed by atoms with Crippen molar-refractivity contribution in [1.29, 1.82) is 0 Å². The number of aromatic nitrogens is 4. The van der Waals surface area contributed by atoms with Crippen LogP contribution in [0.1, 0.15) is 5.82 Å². The minimum Gasteiger partial charge on any atom is -0.477 e. The molecule has 1 fully saturated rings. The maximum absolute atomic E-state index is 13.2. The van der Waals surface area contributed by atoms with E-state index in [1.807, 2.05) is 0 Å². The Bertz CT molecular complexity index is 1520. The van der Waals surface area contributed by atoms with Crippen LogP contribution in [-0.2, 0) is 14.4 Å². The average molecular weight is 646 g/mol. The summed E-state index contributed by atoms with van der Waals surface area (Å²) in [6.07, 6.45) is 0. The fourth-order valence-corrected chi connectivity index (χ4v) is 7.39. The lowest BCUT2D eigenvalue weighted by atomic mass is 10.0. The normalized spacial score (nSPS) is 19.0. The molecule has 19 heteroatoms. The molecule has 1 aromatic carbocycles. The standard InChI is InChI=1S/C20H14Cl2N8O5S4/c21-8-1-2-10(9(22)3-8)35-28-11(14-26-19(23)39-29-14)15(31)25-12-16(32)30-13(18(33)34)7(4-36-17(12)30)5-37-20-27-24-6-38-20/h1-3,6,12,17H,4-5H2,(H,25,31)(H,33,34)(H2,23,26,29)/b28-11-/t12?,17-/m1/s1. The van der Waals surface area contributed by atoms with Crippen molar-refractivity contribution in [2.45, 2.75) is 15.8 Å². The first-order chi connectivity index (χ1) is 18.7. The van der Waals surface area contributed by atoms with Crippen LogP contribution in [0.4, 0.5) is 5.13 Å². The Morgan fingerprint density at radius 3 is 2.85 bits per heavy atom. The first kappa shape index (κ1) is 27.6. The molecule has 1 saturated heterocycles. The van der Waals surface area contributed by atoms with E-state index in [1.54, 1.807) is 5.51 Å². The number of anilines is 1. The second-order valence-electron chi connectivity index (χ2n) is 7.67. The molecule has 39 heavy (non-hydrogen) atoms. The van der Waals surface area contributed by atoms with Gasteiger partial charge in [0.15, 0.2) is 15.2 Å². The molecular weight excluding hydrogens is 631 g/mol. The molecule has 2 amide bonds.